The van der Waals surface area contributed by atoms with Crippen LogP contribution in [-0.2, 0) is 4.79 Å². The standard InChI is InChI=1S/C18H28ClFN2O/c1-12-10-21-17(9-18(3,4)5)14(12)6-7-16(20)15(19)8-13(2)22-11-23/h6-8,11-12,14,17,21H,9-10H2,1-5H3,(H,22,23)/b7-6+,13-8+,16-15-/t12-,14-,17+/m0/s1. The van der Waals surface area contributed by atoms with Gasteiger partial charge in [-0.05, 0) is 49.3 Å². The molecule has 0 saturated carbocycles. The van der Waals surface area contributed by atoms with Crippen LogP contribution < -0.4 is 10.6 Å². The van der Waals surface area contributed by atoms with Crippen LogP contribution in [0.25, 0.3) is 0 Å². The molecule has 130 valence electrons. The van der Waals surface area contributed by atoms with Crippen LogP contribution in [0.1, 0.15) is 41.0 Å². The van der Waals surface area contributed by atoms with Crippen LogP contribution in [0.3, 0.4) is 0 Å². The summed E-state index contributed by atoms with van der Waals surface area (Å²) in [4.78, 5) is 10.3. The smallest absolute Gasteiger partial charge is 0.211 e. The number of allylic oxidation sites excluding steroid dienone is 5. The van der Waals surface area contributed by atoms with Crippen LogP contribution >= 0.6 is 11.6 Å². The molecule has 3 atom stereocenters. The molecule has 0 unspecified atom stereocenters. The van der Waals surface area contributed by atoms with E-state index in [9.17, 15) is 9.18 Å². The predicted octanol–water partition coefficient (Wildman–Crippen LogP) is 4.27. The van der Waals surface area contributed by atoms with Crippen molar-refractivity contribution in [3.05, 3.63) is 34.8 Å². The van der Waals surface area contributed by atoms with Gasteiger partial charge in [-0.15, -0.1) is 0 Å². The highest BCUT2D eigenvalue weighted by molar-refractivity contribution is 6.31. The van der Waals surface area contributed by atoms with Gasteiger partial charge >= 0.3 is 0 Å². The third-order valence-electron chi connectivity index (χ3n) is 3.98. The molecule has 1 amide bonds. The second-order valence-electron chi connectivity index (χ2n) is 7.48. The summed E-state index contributed by atoms with van der Waals surface area (Å²) in [6, 6.07) is 0.349. The van der Waals surface area contributed by atoms with Crippen molar-refractivity contribution in [3.63, 3.8) is 0 Å². The monoisotopic (exact) mass is 342 g/mol. The fourth-order valence-corrected chi connectivity index (χ4v) is 3.09. The zero-order valence-electron chi connectivity index (χ0n) is 14.6. The molecular weight excluding hydrogens is 315 g/mol. The normalized spacial score (nSPS) is 27.3. The van der Waals surface area contributed by atoms with Gasteiger partial charge < -0.3 is 10.6 Å². The van der Waals surface area contributed by atoms with Crippen LogP contribution in [0.4, 0.5) is 4.39 Å². The molecule has 0 aromatic rings. The Morgan fingerprint density at radius 2 is 2.09 bits per heavy atom. The van der Waals surface area contributed by atoms with Gasteiger partial charge in [0.2, 0.25) is 6.41 Å². The lowest BCUT2D eigenvalue weighted by atomic mass is 9.81. The van der Waals surface area contributed by atoms with E-state index in [1.807, 2.05) is 6.08 Å². The first-order valence-electron chi connectivity index (χ1n) is 7.99. The Morgan fingerprint density at radius 3 is 2.65 bits per heavy atom. The van der Waals surface area contributed by atoms with Gasteiger partial charge in [-0.25, -0.2) is 4.39 Å². The first-order chi connectivity index (χ1) is 10.6. The molecule has 2 N–H and O–H groups in total. The Bertz CT molecular complexity index is 506. The lowest BCUT2D eigenvalue weighted by Crippen LogP contribution is -2.31. The maximum Gasteiger partial charge on any atom is 0.211 e. The Morgan fingerprint density at radius 1 is 1.43 bits per heavy atom. The Kier molecular flexibility index (Phi) is 7.49. The van der Waals surface area contributed by atoms with Crippen LogP contribution in [0, 0.1) is 17.3 Å². The molecule has 0 aliphatic carbocycles. The quantitative estimate of drug-likeness (QED) is 0.559. The molecule has 3 nitrogen and oxygen atoms in total. The van der Waals surface area contributed by atoms with E-state index in [2.05, 4.69) is 38.3 Å². The van der Waals surface area contributed by atoms with Crippen LogP contribution in [0.5, 0.6) is 0 Å². The first kappa shape index (κ1) is 19.9. The molecule has 0 aromatic heterocycles. The second kappa shape index (κ2) is 8.65. The van der Waals surface area contributed by atoms with E-state index < -0.39 is 5.83 Å². The highest BCUT2D eigenvalue weighted by Crippen LogP contribution is 2.32. The number of hydrogen-bond acceptors (Lipinski definition) is 2. The highest BCUT2D eigenvalue weighted by Gasteiger charge is 2.33. The van der Waals surface area contributed by atoms with Gasteiger partial charge in [0.25, 0.3) is 0 Å². The highest BCUT2D eigenvalue weighted by atomic mass is 35.5. The van der Waals surface area contributed by atoms with Crippen LogP contribution in [0.15, 0.2) is 34.8 Å². The Hall–Kier alpha value is -1.13. The van der Waals surface area contributed by atoms with Gasteiger partial charge in [-0.2, -0.15) is 0 Å². The molecule has 0 bridgehead atoms. The number of rotatable bonds is 6. The van der Waals surface area contributed by atoms with E-state index in [1.54, 1.807) is 6.92 Å². The lowest BCUT2D eigenvalue weighted by molar-refractivity contribution is -0.108. The lowest BCUT2D eigenvalue weighted by Gasteiger charge is -2.27. The Labute approximate surface area is 144 Å². The SMILES string of the molecule is C\C(=C/C(Cl)=C(F)\C=C\[C@H]1[C@@H](C)CN[C@@H]1CC(C)(C)C)NC=O. The summed E-state index contributed by atoms with van der Waals surface area (Å²) in [6.07, 6.45) is 6.32. The third kappa shape index (κ3) is 6.88. The van der Waals surface area contributed by atoms with Crippen molar-refractivity contribution in [1.29, 1.82) is 0 Å². The number of carbonyl (C=O) groups is 1. The van der Waals surface area contributed by atoms with Crippen LogP contribution in [0.2, 0.25) is 0 Å². The average molecular weight is 343 g/mol. The summed E-state index contributed by atoms with van der Waals surface area (Å²) in [5.74, 6) is 0.245. The minimum atomic E-state index is -0.493. The number of halogens is 2. The zero-order chi connectivity index (χ0) is 17.6. The van der Waals surface area contributed by atoms with Crippen molar-refractivity contribution >= 4 is 18.0 Å². The van der Waals surface area contributed by atoms with E-state index in [1.165, 1.54) is 12.2 Å². The predicted molar refractivity (Wildman–Crippen MR) is 94.6 cm³/mol. The minimum Gasteiger partial charge on any atom is -0.333 e. The maximum atomic E-state index is 14.1. The van der Waals surface area contributed by atoms with Crippen LogP contribution in [-0.4, -0.2) is 19.0 Å². The summed E-state index contributed by atoms with van der Waals surface area (Å²) in [5.41, 5.74) is 0.718. The molecule has 23 heavy (non-hydrogen) atoms. The average Bonchev–Trinajstić information content (AvgIpc) is 2.74. The molecule has 1 rings (SSSR count). The molecule has 0 spiro atoms. The molecule has 1 aliphatic rings. The van der Waals surface area contributed by atoms with Crippen molar-refractivity contribution in [2.75, 3.05) is 6.54 Å². The first-order valence-corrected chi connectivity index (χ1v) is 8.37. The second-order valence-corrected chi connectivity index (χ2v) is 7.89. The van der Waals surface area contributed by atoms with Crippen molar-refractivity contribution < 1.29 is 9.18 Å². The molecule has 1 saturated heterocycles. The third-order valence-corrected chi connectivity index (χ3v) is 4.27. The number of nitrogens with one attached hydrogen (secondary N) is 2. The molecular formula is C18H28ClFN2O. The summed E-state index contributed by atoms with van der Waals surface area (Å²) in [5, 5.41) is 5.95. The van der Waals surface area contributed by atoms with Crippen molar-refractivity contribution in [1.82, 2.24) is 10.6 Å². The van der Waals surface area contributed by atoms with E-state index in [4.69, 9.17) is 11.6 Å². The minimum absolute atomic E-state index is 0.0147. The molecule has 5 heteroatoms. The van der Waals surface area contributed by atoms with Gasteiger partial charge in [-0.3, -0.25) is 4.79 Å². The molecule has 1 aliphatic heterocycles. The summed E-state index contributed by atoms with van der Waals surface area (Å²) >= 11 is 5.93. The topological polar surface area (TPSA) is 41.1 Å². The fourth-order valence-electron chi connectivity index (χ4n) is 2.87. The van der Waals surface area contributed by atoms with Gasteiger partial charge in [0, 0.05) is 11.7 Å². The molecule has 1 fully saturated rings. The molecule has 0 radical (unpaired) electrons. The zero-order valence-corrected chi connectivity index (χ0v) is 15.4. The van der Waals surface area contributed by atoms with Crippen molar-refractivity contribution in [2.24, 2.45) is 17.3 Å². The largest absolute Gasteiger partial charge is 0.333 e. The van der Waals surface area contributed by atoms with Gasteiger partial charge in [-0.1, -0.05) is 45.4 Å². The van der Waals surface area contributed by atoms with Gasteiger partial charge in [0.05, 0.1) is 5.03 Å². The van der Waals surface area contributed by atoms with E-state index in [-0.39, 0.29) is 16.4 Å². The number of hydrogen-bond donors (Lipinski definition) is 2. The van der Waals surface area contributed by atoms with E-state index >= 15 is 0 Å². The fraction of sp³-hybridized carbons (Fsp3) is 0.611. The summed E-state index contributed by atoms with van der Waals surface area (Å²) in [7, 11) is 0. The molecule has 0 aromatic carbocycles. The molecule has 1 heterocycles. The van der Waals surface area contributed by atoms with Gasteiger partial charge in [0.15, 0.2) is 0 Å². The summed E-state index contributed by atoms with van der Waals surface area (Å²) < 4.78 is 14.1. The van der Waals surface area contributed by atoms with Crippen molar-refractivity contribution in [3.8, 4) is 0 Å². The maximum absolute atomic E-state index is 14.1. The van der Waals surface area contributed by atoms with E-state index in [0.29, 0.717) is 24.1 Å². The van der Waals surface area contributed by atoms with Gasteiger partial charge in [0.1, 0.15) is 5.83 Å². The Balaban J connectivity index is 2.83. The summed E-state index contributed by atoms with van der Waals surface area (Å²) in [6.45, 7) is 11.4. The van der Waals surface area contributed by atoms with Crippen molar-refractivity contribution in [2.45, 2.75) is 47.1 Å². The number of carbonyl (C=O) groups excluding carboxylic acids is 1. The van der Waals surface area contributed by atoms with E-state index in [0.717, 1.165) is 13.0 Å². The number of amides is 1.